The number of piperidine rings is 1. The molecule has 5 rings (SSSR count). The van der Waals surface area contributed by atoms with E-state index in [1.165, 1.54) is 0 Å². The van der Waals surface area contributed by atoms with Crippen molar-refractivity contribution in [2.75, 3.05) is 23.3 Å². The quantitative estimate of drug-likeness (QED) is 0.588. The highest BCUT2D eigenvalue weighted by molar-refractivity contribution is 5.79. The zero-order chi connectivity index (χ0) is 20.8. The van der Waals surface area contributed by atoms with Crippen LogP contribution in [0.15, 0.2) is 24.5 Å². The van der Waals surface area contributed by atoms with Gasteiger partial charge in [-0.15, -0.1) is 0 Å². The van der Waals surface area contributed by atoms with Gasteiger partial charge >= 0.3 is 0 Å². The van der Waals surface area contributed by atoms with E-state index >= 15 is 0 Å². The zero-order valence-corrected chi connectivity index (χ0v) is 17.2. The average molecular weight is 409 g/mol. The van der Waals surface area contributed by atoms with E-state index < -0.39 is 0 Å². The number of nitrogens with zero attached hydrogens (tertiary/aromatic N) is 6. The van der Waals surface area contributed by atoms with Crippen LogP contribution in [0.4, 0.5) is 17.6 Å². The lowest BCUT2D eigenvalue weighted by molar-refractivity contribution is 0.0788. The molecule has 3 N–H and O–H groups in total. The molecule has 1 saturated carbocycles. The smallest absolute Gasteiger partial charge is 0.227 e. The van der Waals surface area contributed by atoms with Gasteiger partial charge in [-0.1, -0.05) is 0 Å². The van der Waals surface area contributed by atoms with Gasteiger partial charge in [0.05, 0.1) is 17.8 Å². The molecule has 0 radical (unpaired) electrons. The van der Waals surface area contributed by atoms with E-state index in [-0.39, 0.29) is 18.8 Å². The van der Waals surface area contributed by atoms with Crippen molar-refractivity contribution in [2.45, 2.75) is 45.4 Å². The molecule has 0 aromatic carbocycles. The second kappa shape index (κ2) is 7.48. The number of imidazole rings is 1. The third kappa shape index (κ3) is 3.27. The van der Waals surface area contributed by atoms with E-state index in [1.807, 2.05) is 16.7 Å². The Bertz CT molecular complexity index is 1050. The van der Waals surface area contributed by atoms with Crippen molar-refractivity contribution in [3.63, 3.8) is 0 Å². The van der Waals surface area contributed by atoms with Gasteiger partial charge in [-0.25, -0.2) is 15.0 Å². The standard InChI is InChI=1S/C21H27N7O2/c1-12(2)28-16-7-18(23-8-15(16)24-19(28)11-29)25-17-5-6-22-21(26-17)27-9-13-3-4-14(10-27)20(13)30/h5-8,12-14,20,29-30H,3-4,9-11H2,1-2H3,(H,22,23,25,26)/t13-,14+,20?. The molecule has 4 heterocycles. The summed E-state index contributed by atoms with van der Waals surface area (Å²) in [5.41, 5.74) is 1.67. The Balaban J connectivity index is 1.40. The number of fused-ring (bicyclic) bond motifs is 3. The largest absolute Gasteiger partial charge is 0.392 e. The molecule has 0 spiro atoms. The number of rotatable bonds is 5. The van der Waals surface area contributed by atoms with E-state index in [9.17, 15) is 10.2 Å². The molecule has 9 heteroatoms. The minimum absolute atomic E-state index is 0.114. The van der Waals surface area contributed by atoms with E-state index in [4.69, 9.17) is 4.98 Å². The molecule has 2 fully saturated rings. The predicted octanol–water partition coefficient (Wildman–Crippen LogP) is 2.25. The minimum atomic E-state index is -0.187. The predicted molar refractivity (Wildman–Crippen MR) is 114 cm³/mol. The first-order chi connectivity index (χ1) is 14.5. The van der Waals surface area contributed by atoms with Crippen LogP contribution in [0, 0.1) is 11.8 Å². The van der Waals surface area contributed by atoms with Gasteiger partial charge in [-0.05, 0) is 32.8 Å². The van der Waals surface area contributed by atoms with Crippen molar-refractivity contribution in [2.24, 2.45) is 11.8 Å². The molecule has 1 aliphatic carbocycles. The number of nitrogens with one attached hydrogen (secondary N) is 1. The lowest BCUT2D eigenvalue weighted by atomic mass is 9.95. The van der Waals surface area contributed by atoms with Gasteiger partial charge in [0.15, 0.2) is 0 Å². The van der Waals surface area contributed by atoms with Crippen molar-refractivity contribution in [3.05, 3.63) is 30.4 Å². The van der Waals surface area contributed by atoms with Crippen molar-refractivity contribution in [1.29, 1.82) is 0 Å². The fourth-order valence-electron chi connectivity index (χ4n) is 4.86. The second-order valence-electron chi connectivity index (χ2n) is 8.57. The Kier molecular flexibility index (Phi) is 4.79. The summed E-state index contributed by atoms with van der Waals surface area (Å²) in [7, 11) is 0. The van der Waals surface area contributed by atoms with E-state index in [0.717, 1.165) is 37.0 Å². The molecular formula is C21H27N7O2. The van der Waals surface area contributed by atoms with Crippen LogP contribution in [0.2, 0.25) is 0 Å². The van der Waals surface area contributed by atoms with Crippen LogP contribution >= 0.6 is 0 Å². The second-order valence-corrected chi connectivity index (χ2v) is 8.57. The summed E-state index contributed by atoms with van der Waals surface area (Å²) in [5.74, 6) is 3.26. The van der Waals surface area contributed by atoms with Crippen LogP contribution in [-0.4, -0.2) is 53.9 Å². The summed E-state index contributed by atoms with van der Waals surface area (Å²) in [6.07, 6.45) is 5.42. The molecule has 30 heavy (non-hydrogen) atoms. The molecule has 3 aromatic heterocycles. The number of aromatic nitrogens is 5. The number of pyridine rings is 1. The molecule has 1 aliphatic heterocycles. The summed E-state index contributed by atoms with van der Waals surface area (Å²) in [5, 5.41) is 23.2. The first-order valence-electron chi connectivity index (χ1n) is 10.5. The van der Waals surface area contributed by atoms with Gasteiger partial charge in [0, 0.05) is 43.2 Å². The first-order valence-corrected chi connectivity index (χ1v) is 10.5. The fraction of sp³-hybridized carbons (Fsp3) is 0.524. The Morgan fingerprint density at radius 1 is 1.13 bits per heavy atom. The van der Waals surface area contributed by atoms with Gasteiger partial charge < -0.3 is 25.0 Å². The lowest BCUT2D eigenvalue weighted by Crippen LogP contribution is -2.45. The highest BCUT2D eigenvalue weighted by Gasteiger charge is 2.41. The highest BCUT2D eigenvalue weighted by atomic mass is 16.3. The summed E-state index contributed by atoms with van der Waals surface area (Å²) in [6, 6.07) is 3.92. The van der Waals surface area contributed by atoms with Crippen LogP contribution in [0.1, 0.15) is 38.6 Å². The maximum Gasteiger partial charge on any atom is 0.227 e. The van der Waals surface area contributed by atoms with Crippen LogP contribution in [0.3, 0.4) is 0 Å². The lowest BCUT2D eigenvalue weighted by Gasteiger charge is -2.35. The van der Waals surface area contributed by atoms with Crippen LogP contribution in [-0.2, 0) is 6.61 Å². The average Bonchev–Trinajstić information content (AvgIpc) is 3.18. The van der Waals surface area contributed by atoms with Crippen molar-refractivity contribution in [3.8, 4) is 0 Å². The third-order valence-electron chi connectivity index (χ3n) is 6.27. The van der Waals surface area contributed by atoms with Crippen LogP contribution in [0.25, 0.3) is 11.0 Å². The fourth-order valence-corrected chi connectivity index (χ4v) is 4.86. The number of aliphatic hydroxyl groups excluding tert-OH is 2. The monoisotopic (exact) mass is 409 g/mol. The number of hydrogen-bond donors (Lipinski definition) is 3. The van der Waals surface area contributed by atoms with Gasteiger partial charge in [0.2, 0.25) is 5.95 Å². The van der Waals surface area contributed by atoms with Gasteiger partial charge in [-0.3, -0.25) is 0 Å². The molecule has 3 atom stereocenters. The van der Waals surface area contributed by atoms with Crippen LogP contribution < -0.4 is 10.2 Å². The summed E-state index contributed by atoms with van der Waals surface area (Å²) in [4.78, 5) is 20.3. The molecule has 2 bridgehead atoms. The third-order valence-corrected chi connectivity index (χ3v) is 6.27. The van der Waals surface area contributed by atoms with E-state index in [0.29, 0.717) is 35.2 Å². The number of hydrogen-bond acceptors (Lipinski definition) is 8. The molecular weight excluding hydrogens is 382 g/mol. The van der Waals surface area contributed by atoms with E-state index in [2.05, 4.69) is 39.0 Å². The molecule has 3 aromatic rings. The van der Waals surface area contributed by atoms with Crippen molar-refractivity contribution < 1.29 is 10.2 Å². The minimum Gasteiger partial charge on any atom is -0.392 e. The number of aliphatic hydroxyl groups is 2. The van der Waals surface area contributed by atoms with Gasteiger partial charge in [0.25, 0.3) is 0 Å². The Morgan fingerprint density at radius 3 is 2.60 bits per heavy atom. The topological polar surface area (TPSA) is 112 Å². The number of anilines is 3. The molecule has 0 amide bonds. The van der Waals surface area contributed by atoms with E-state index in [1.54, 1.807) is 12.4 Å². The maximum absolute atomic E-state index is 10.3. The van der Waals surface area contributed by atoms with Gasteiger partial charge in [-0.2, -0.15) is 4.98 Å². The SMILES string of the molecule is CC(C)n1c(CO)nc2cnc(Nc3ccnc(N4C[C@H]5CC[C@@H](C4)C5O)n3)cc21. The van der Waals surface area contributed by atoms with Gasteiger partial charge in [0.1, 0.15) is 29.6 Å². The molecule has 158 valence electrons. The van der Waals surface area contributed by atoms with Crippen molar-refractivity contribution >= 4 is 28.6 Å². The highest BCUT2D eigenvalue weighted by Crippen LogP contribution is 2.38. The maximum atomic E-state index is 10.3. The van der Waals surface area contributed by atoms with Crippen LogP contribution in [0.5, 0.6) is 0 Å². The Hall–Kier alpha value is -2.78. The molecule has 1 saturated heterocycles. The summed E-state index contributed by atoms with van der Waals surface area (Å²) < 4.78 is 2.02. The Morgan fingerprint density at radius 2 is 1.90 bits per heavy atom. The molecule has 9 nitrogen and oxygen atoms in total. The first kappa shape index (κ1) is 19.2. The summed E-state index contributed by atoms with van der Waals surface area (Å²) >= 11 is 0. The zero-order valence-electron chi connectivity index (χ0n) is 17.2. The summed E-state index contributed by atoms with van der Waals surface area (Å²) in [6.45, 7) is 5.60. The normalized spacial score (nSPS) is 23.5. The Labute approximate surface area is 174 Å². The molecule has 2 aliphatic rings. The van der Waals surface area contributed by atoms with Crippen molar-refractivity contribution in [1.82, 2.24) is 24.5 Å². The molecule has 1 unspecified atom stereocenters.